The number of para-hydroxylation sites is 1. The van der Waals surface area contributed by atoms with Gasteiger partial charge in [0.15, 0.2) is 6.19 Å². The van der Waals surface area contributed by atoms with Crippen molar-refractivity contribution in [2.24, 2.45) is 0 Å². The normalized spacial score (nSPS) is 11.7. The van der Waals surface area contributed by atoms with E-state index in [0.717, 1.165) is 11.1 Å². The Balaban J connectivity index is 1.82. The molecule has 3 aromatic rings. The van der Waals surface area contributed by atoms with Crippen LogP contribution in [0.15, 0.2) is 54.7 Å². The summed E-state index contributed by atoms with van der Waals surface area (Å²) in [6, 6.07) is 12.2. The maximum absolute atomic E-state index is 13.2. The van der Waals surface area contributed by atoms with Crippen LogP contribution in [0.1, 0.15) is 37.7 Å². The predicted molar refractivity (Wildman–Crippen MR) is 132 cm³/mol. The quantitative estimate of drug-likeness (QED) is 0.302. The Kier molecular flexibility index (Phi) is 8.14. The lowest BCUT2D eigenvalue weighted by molar-refractivity contribution is -0.139. The monoisotopic (exact) mass is 506 g/mol. The number of nitrogens with zero attached hydrogens (tertiary/aromatic N) is 3. The largest absolute Gasteiger partial charge is 0.506 e. The van der Waals surface area contributed by atoms with Crippen LogP contribution >= 0.6 is 0 Å². The first-order valence-corrected chi connectivity index (χ1v) is 11.3. The Hall–Kier alpha value is -4.85. The van der Waals surface area contributed by atoms with Crippen LogP contribution in [0.2, 0.25) is 0 Å². The molecule has 1 heterocycles. The smallest absolute Gasteiger partial charge is 0.408 e. The Labute approximate surface area is 212 Å². The minimum atomic E-state index is -1.41. The number of aromatic nitrogens is 1. The van der Waals surface area contributed by atoms with Crippen molar-refractivity contribution in [3.63, 3.8) is 0 Å². The van der Waals surface area contributed by atoms with Gasteiger partial charge < -0.3 is 25.0 Å². The fourth-order valence-corrected chi connectivity index (χ4v) is 3.36. The highest BCUT2D eigenvalue weighted by Gasteiger charge is 2.27. The van der Waals surface area contributed by atoms with Crippen LogP contribution in [0.3, 0.4) is 0 Å². The number of nitrogens with one attached hydrogen (secondary N) is 1. The number of hydrogen-bond acceptors (Lipinski definition) is 8. The average Bonchev–Trinajstić information content (AvgIpc) is 2.83. The molecule has 11 heteroatoms. The van der Waals surface area contributed by atoms with E-state index in [2.05, 4.69) is 10.3 Å². The van der Waals surface area contributed by atoms with E-state index in [1.807, 2.05) is 6.07 Å². The summed E-state index contributed by atoms with van der Waals surface area (Å²) in [5.74, 6) is -1.42. The molecule has 0 fully saturated rings. The first kappa shape index (κ1) is 26.7. The van der Waals surface area contributed by atoms with Gasteiger partial charge in [-0.2, -0.15) is 5.26 Å². The van der Waals surface area contributed by atoms with Gasteiger partial charge >= 0.3 is 12.1 Å². The van der Waals surface area contributed by atoms with Gasteiger partial charge in [0.25, 0.3) is 5.91 Å². The molecule has 192 valence electrons. The SMILES string of the molecule is CC(C)(C)OC(=O)N[C@H](CCN(C#N)C(=O)c1ncc(O)c2ccc(Oc3ccccc3)cc12)C(=O)O. The summed E-state index contributed by atoms with van der Waals surface area (Å²) in [7, 11) is 0. The fraction of sp³-hybridized carbons (Fsp3) is 0.269. The van der Waals surface area contributed by atoms with Crippen LogP contribution < -0.4 is 10.1 Å². The number of ether oxygens (including phenoxy) is 2. The number of aromatic hydroxyl groups is 1. The lowest BCUT2D eigenvalue weighted by Crippen LogP contribution is -2.45. The van der Waals surface area contributed by atoms with Gasteiger partial charge in [0.1, 0.15) is 34.6 Å². The standard InChI is InChI=1S/C26H26N4O7/c1-26(2,3)37-25(35)29-20(24(33)34)11-12-30(15-27)23(32)22-19-13-17(36-16-7-5-4-6-8-16)9-10-18(19)21(31)14-28-22/h4-10,13-14,20,31H,11-12H2,1-3H3,(H,29,35)(H,33,34)/t20-/m1/s1. The molecule has 37 heavy (non-hydrogen) atoms. The topological polar surface area (TPSA) is 162 Å². The number of pyridine rings is 1. The molecule has 1 atom stereocenters. The number of fused-ring (bicyclic) bond motifs is 1. The van der Waals surface area contributed by atoms with Crippen molar-refractivity contribution in [2.75, 3.05) is 6.54 Å². The molecule has 11 nitrogen and oxygen atoms in total. The van der Waals surface area contributed by atoms with Gasteiger partial charge in [-0.15, -0.1) is 0 Å². The number of aliphatic carboxylic acids is 1. The number of benzene rings is 2. The Morgan fingerprint density at radius 1 is 1.11 bits per heavy atom. The predicted octanol–water partition coefficient (Wildman–Crippen LogP) is 4.02. The van der Waals surface area contributed by atoms with Crippen LogP contribution in [-0.4, -0.2) is 56.3 Å². The molecule has 0 aliphatic rings. The third-order valence-electron chi connectivity index (χ3n) is 5.02. The first-order valence-electron chi connectivity index (χ1n) is 11.3. The van der Waals surface area contributed by atoms with Crippen molar-refractivity contribution in [3.8, 4) is 23.4 Å². The number of amides is 2. The number of carboxylic acids is 1. The summed E-state index contributed by atoms with van der Waals surface area (Å²) in [5, 5.41) is 32.1. The maximum atomic E-state index is 13.2. The lowest BCUT2D eigenvalue weighted by atomic mass is 10.1. The third-order valence-corrected chi connectivity index (χ3v) is 5.02. The highest BCUT2D eigenvalue weighted by Crippen LogP contribution is 2.32. The second-order valence-electron chi connectivity index (χ2n) is 9.00. The zero-order valence-electron chi connectivity index (χ0n) is 20.5. The molecular formula is C26H26N4O7. The van der Waals surface area contributed by atoms with E-state index in [4.69, 9.17) is 9.47 Å². The number of hydrogen-bond donors (Lipinski definition) is 3. The molecule has 2 aromatic carbocycles. The molecule has 0 bridgehead atoms. The Bertz CT molecular complexity index is 1350. The summed E-state index contributed by atoms with van der Waals surface area (Å²) >= 11 is 0. The van der Waals surface area contributed by atoms with Crippen molar-refractivity contribution in [2.45, 2.75) is 38.8 Å². The maximum Gasteiger partial charge on any atom is 0.408 e. The van der Waals surface area contributed by atoms with E-state index >= 15 is 0 Å². The van der Waals surface area contributed by atoms with E-state index in [-0.39, 0.29) is 29.8 Å². The summed E-state index contributed by atoms with van der Waals surface area (Å²) in [6.45, 7) is 4.56. The van der Waals surface area contributed by atoms with Crippen LogP contribution in [0.5, 0.6) is 17.2 Å². The molecule has 0 spiro atoms. The minimum Gasteiger partial charge on any atom is -0.506 e. The molecule has 0 saturated carbocycles. The van der Waals surface area contributed by atoms with E-state index in [1.54, 1.807) is 63.4 Å². The zero-order valence-corrected chi connectivity index (χ0v) is 20.5. The van der Waals surface area contributed by atoms with Crippen LogP contribution in [-0.2, 0) is 9.53 Å². The van der Waals surface area contributed by atoms with Crippen LogP contribution in [0, 0.1) is 11.5 Å². The molecule has 1 aromatic heterocycles. The molecule has 0 radical (unpaired) electrons. The molecule has 3 N–H and O–H groups in total. The Morgan fingerprint density at radius 2 is 1.81 bits per heavy atom. The van der Waals surface area contributed by atoms with Crippen LogP contribution in [0.25, 0.3) is 10.8 Å². The number of carbonyl (C=O) groups is 3. The third kappa shape index (κ3) is 7.08. The average molecular weight is 507 g/mol. The van der Waals surface area contributed by atoms with Crippen molar-refractivity contribution in [3.05, 3.63) is 60.4 Å². The molecule has 0 aliphatic carbocycles. The molecule has 3 rings (SSSR count). The lowest BCUT2D eigenvalue weighted by Gasteiger charge is -2.22. The highest BCUT2D eigenvalue weighted by atomic mass is 16.6. The molecule has 2 amide bonds. The molecular weight excluding hydrogens is 480 g/mol. The summed E-state index contributed by atoms with van der Waals surface area (Å²) < 4.78 is 10.9. The van der Waals surface area contributed by atoms with Crippen LogP contribution in [0.4, 0.5) is 4.79 Å². The summed E-state index contributed by atoms with van der Waals surface area (Å²) in [4.78, 5) is 41.6. The zero-order chi connectivity index (χ0) is 27.2. The van der Waals surface area contributed by atoms with Crippen molar-refractivity contribution in [1.82, 2.24) is 15.2 Å². The van der Waals surface area contributed by atoms with E-state index in [9.17, 15) is 29.9 Å². The Morgan fingerprint density at radius 3 is 2.43 bits per heavy atom. The van der Waals surface area contributed by atoms with Gasteiger partial charge in [-0.25, -0.2) is 19.5 Å². The highest BCUT2D eigenvalue weighted by molar-refractivity contribution is 6.07. The molecule has 0 unspecified atom stereocenters. The summed E-state index contributed by atoms with van der Waals surface area (Å²) in [6.07, 6.45) is 1.61. The minimum absolute atomic E-state index is 0.139. The summed E-state index contributed by atoms with van der Waals surface area (Å²) in [5.41, 5.74) is -0.976. The van der Waals surface area contributed by atoms with E-state index < -0.39 is 29.6 Å². The van der Waals surface area contributed by atoms with Crippen molar-refractivity contribution < 1.29 is 34.1 Å². The van der Waals surface area contributed by atoms with Crippen molar-refractivity contribution in [1.29, 1.82) is 5.26 Å². The van der Waals surface area contributed by atoms with Gasteiger partial charge in [0.05, 0.1) is 6.20 Å². The number of alkyl carbamates (subject to hydrolysis) is 1. The second kappa shape index (κ2) is 11.3. The fourth-order valence-electron chi connectivity index (χ4n) is 3.36. The number of carbonyl (C=O) groups excluding carboxylic acids is 2. The molecule has 0 aliphatic heterocycles. The number of nitriles is 1. The van der Waals surface area contributed by atoms with Gasteiger partial charge in [-0.3, -0.25) is 4.79 Å². The first-order chi connectivity index (χ1) is 17.5. The number of carboxylic acid groups (broad SMARTS) is 1. The van der Waals surface area contributed by atoms with Gasteiger partial charge in [0, 0.05) is 17.3 Å². The van der Waals surface area contributed by atoms with Gasteiger partial charge in [-0.1, -0.05) is 18.2 Å². The second-order valence-corrected chi connectivity index (χ2v) is 9.00. The number of rotatable bonds is 8. The van der Waals surface area contributed by atoms with E-state index in [0.29, 0.717) is 16.9 Å². The molecule has 0 saturated heterocycles. The van der Waals surface area contributed by atoms with Crippen molar-refractivity contribution >= 4 is 28.7 Å². The van der Waals surface area contributed by atoms with Gasteiger partial charge in [0.2, 0.25) is 0 Å². The van der Waals surface area contributed by atoms with E-state index in [1.165, 1.54) is 6.07 Å². The van der Waals surface area contributed by atoms with Gasteiger partial charge in [-0.05, 0) is 57.5 Å².